The molecule has 0 aliphatic carbocycles. The van der Waals surface area contributed by atoms with Gasteiger partial charge in [-0.1, -0.05) is 39.5 Å². The smallest absolute Gasteiger partial charge is 0.335 e. The van der Waals surface area contributed by atoms with E-state index in [1.165, 1.54) is 31.4 Å². The number of carbonyl (C=O) groups is 1. The molecule has 0 radical (unpaired) electrons. The lowest BCUT2D eigenvalue weighted by Gasteiger charge is -2.14. The van der Waals surface area contributed by atoms with Crippen LogP contribution in [0.25, 0.3) is 0 Å². The Morgan fingerprint density at radius 1 is 1.28 bits per heavy atom. The van der Waals surface area contributed by atoms with E-state index in [1.54, 1.807) is 6.07 Å². The first-order valence-electron chi connectivity index (χ1n) is 6.62. The number of aromatic hydroxyl groups is 1. The second kappa shape index (κ2) is 7.04. The van der Waals surface area contributed by atoms with Crippen LogP contribution in [-0.2, 0) is 0 Å². The summed E-state index contributed by atoms with van der Waals surface area (Å²) in [4.78, 5) is 11.1. The lowest BCUT2D eigenvalue weighted by atomic mass is 9.91. The van der Waals surface area contributed by atoms with Gasteiger partial charge in [0.1, 0.15) is 5.75 Å². The summed E-state index contributed by atoms with van der Waals surface area (Å²) >= 11 is 0. The molecule has 18 heavy (non-hydrogen) atoms. The zero-order chi connectivity index (χ0) is 13.5. The summed E-state index contributed by atoms with van der Waals surface area (Å²) in [6.07, 6.45) is 5.66. The minimum atomic E-state index is -0.926. The minimum Gasteiger partial charge on any atom is -0.508 e. The Kier molecular flexibility index (Phi) is 5.69. The van der Waals surface area contributed by atoms with Crippen molar-refractivity contribution in [3.8, 4) is 5.75 Å². The van der Waals surface area contributed by atoms with E-state index in [4.69, 9.17) is 5.11 Å². The molecule has 0 aliphatic rings. The molecule has 0 saturated heterocycles. The van der Waals surface area contributed by atoms with Crippen LogP contribution in [0.1, 0.15) is 67.8 Å². The van der Waals surface area contributed by atoms with Gasteiger partial charge in [-0.2, -0.15) is 0 Å². The van der Waals surface area contributed by atoms with Crippen LogP contribution < -0.4 is 0 Å². The Morgan fingerprint density at radius 3 is 2.61 bits per heavy atom. The summed E-state index contributed by atoms with van der Waals surface area (Å²) in [5.74, 6) is -0.624. The van der Waals surface area contributed by atoms with Gasteiger partial charge in [-0.15, -0.1) is 0 Å². The van der Waals surface area contributed by atoms with Crippen LogP contribution in [-0.4, -0.2) is 16.2 Å². The third-order valence-corrected chi connectivity index (χ3v) is 3.29. The van der Waals surface area contributed by atoms with Crippen LogP contribution in [0.3, 0.4) is 0 Å². The molecule has 100 valence electrons. The zero-order valence-corrected chi connectivity index (χ0v) is 11.1. The number of aromatic carboxylic acids is 1. The second-order valence-electron chi connectivity index (χ2n) is 4.83. The molecular formula is C15H22O3. The highest BCUT2D eigenvalue weighted by Crippen LogP contribution is 2.28. The molecule has 0 aliphatic heterocycles. The number of unbranched alkanes of at least 4 members (excludes halogenated alkanes) is 3. The highest BCUT2D eigenvalue weighted by atomic mass is 16.4. The number of phenolic OH excluding ortho intramolecular Hbond substituents is 1. The van der Waals surface area contributed by atoms with Crippen molar-refractivity contribution in [3.63, 3.8) is 0 Å². The Labute approximate surface area is 108 Å². The molecule has 3 nitrogen and oxygen atoms in total. The summed E-state index contributed by atoms with van der Waals surface area (Å²) < 4.78 is 0. The van der Waals surface area contributed by atoms with E-state index in [1.807, 2.05) is 6.92 Å². The Bertz CT molecular complexity index is 399. The largest absolute Gasteiger partial charge is 0.508 e. The molecule has 2 N–H and O–H groups in total. The van der Waals surface area contributed by atoms with Crippen LogP contribution in [0.2, 0.25) is 0 Å². The van der Waals surface area contributed by atoms with Crippen molar-refractivity contribution in [2.24, 2.45) is 0 Å². The average molecular weight is 250 g/mol. The molecule has 0 unspecified atom stereocenters. The number of phenols is 1. The summed E-state index contributed by atoms with van der Waals surface area (Å²) in [7, 11) is 0. The van der Waals surface area contributed by atoms with Gasteiger partial charge in [-0.05, 0) is 36.1 Å². The lowest BCUT2D eigenvalue weighted by molar-refractivity contribution is 0.0695. The van der Waals surface area contributed by atoms with Crippen molar-refractivity contribution in [1.29, 1.82) is 0 Å². The molecule has 0 saturated carbocycles. The van der Waals surface area contributed by atoms with Crippen molar-refractivity contribution < 1.29 is 15.0 Å². The van der Waals surface area contributed by atoms with Crippen molar-refractivity contribution in [2.45, 2.75) is 51.9 Å². The van der Waals surface area contributed by atoms with Crippen LogP contribution in [0.15, 0.2) is 18.2 Å². The van der Waals surface area contributed by atoms with Crippen molar-refractivity contribution in [3.05, 3.63) is 29.3 Å². The van der Waals surface area contributed by atoms with E-state index >= 15 is 0 Å². The first-order chi connectivity index (χ1) is 8.56. The molecule has 0 fully saturated rings. The standard InChI is InChI=1S/C15H22O3/c1-3-4-5-6-7-11(2)14-10-12(16)8-9-13(14)15(17)18/h8-11,16H,3-7H2,1-2H3,(H,17,18)/t11-/m0/s1. The quantitative estimate of drug-likeness (QED) is 0.714. The van der Waals surface area contributed by atoms with Gasteiger partial charge in [0.15, 0.2) is 0 Å². The first-order valence-corrected chi connectivity index (χ1v) is 6.62. The summed E-state index contributed by atoms with van der Waals surface area (Å²) in [6, 6.07) is 4.49. The van der Waals surface area contributed by atoms with Gasteiger partial charge in [0, 0.05) is 0 Å². The Hall–Kier alpha value is -1.51. The summed E-state index contributed by atoms with van der Waals surface area (Å²) in [6.45, 7) is 4.19. The Balaban J connectivity index is 2.74. The van der Waals surface area contributed by atoms with Gasteiger partial charge in [-0.25, -0.2) is 4.79 Å². The molecule has 1 aromatic rings. The minimum absolute atomic E-state index is 0.135. The van der Waals surface area contributed by atoms with E-state index in [0.29, 0.717) is 5.56 Å². The van der Waals surface area contributed by atoms with Crippen LogP contribution >= 0.6 is 0 Å². The number of carboxylic acid groups (broad SMARTS) is 1. The maximum atomic E-state index is 11.1. The fourth-order valence-electron chi connectivity index (χ4n) is 2.19. The molecule has 1 rings (SSSR count). The summed E-state index contributed by atoms with van der Waals surface area (Å²) in [5, 5.41) is 18.6. The van der Waals surface area contributed by atoms with Crippen molar-refractivity contribution in [1.82, 2.24) is 0 Å². The summed E-state index contributed by atoms with van der Waals surface area (Å²) in [5.41, 5.74) is 1.04. The number of rotatable bonds is 7. The molecule has 0 heterocycles. The van der Waals surface area contributed by atoms with Gasteiger partial charge < -0.3 is 10.2 Å². The molecule has 1 atom stereocenters. The monoisotopic (exact) mass is 250 g/mol. The molecule has 0 aromatic heterocycles. The maximum Gasteiger partial charge on any atom is 0.335 e. The first kappa shape index (κ1) is 14.6. The normalized spacial score (nSPS) is 12.3. The van der Waals surface area contributed by atoms with E-state index in [-0.39, 0.29) is 11.7 Å². The molecule has 0 spiro atoms. The molecule has 0 amide bonds. The second-order valence-corrected chi connectivity index (χ2v) is 4.83. The van der Waals surface area contributed by atoms with Crippen LogP contribution in [0, 0.1) is 0 Å². The van der Waals surface area contributed by atoms with Gasteiger partial charge >= 0.3 is 5.97 Å². The topological polar surface area (TPSA) is 57.5 Å². The van der Waals surface area contributed by atoms with E-state index in [2.05, 4.69) is 6.92 Å². The highest BCUT2D eigenvalue weighted by molar-refractivity contribution is 5.89. The van der Waals surface area contributed by atoms with Crippen LogP contribution in [0.5, 0.6) is 5.75 Å². The molecule has 1 aromatic carbocycles. The van der Waals surface area contributed by atoms with Crippen molar-refractivity contribution in [2.75, 3.05) is 0 Å². The van der Waals surface area contributed by atoms with Crippen molar-refractivity contribution >= 4 is 5.97 Å². The van der Waals surface area contributed by atoms with Crippen LogP contribution in [0.4, 0.5) is 0 Å². The van der Waals surface area contributed by atoms with Gasteiger partial charge in [-0.3, -0.25) is 0 Å². The third-order valence-electron chi connectivity index (χ3n) is 3.29. The number of carboxylic acids is 1. The van der Waals surface area contributed by atoms with E-state index < -0.39 is 5.97 Å². The number of benzene rings is 1. The molecule has 0 bridgehead atoms. The third kappa shape index (κ3) is 4.06. The number of hydrogen-bond acceptors (Lipinski definition) is 2. The van der Waals surface area contributed by atoms with Gasteiger partial charge in [0.2, 0.25) is 0 Å². The molecular weight excluding hydrogens is 228 g/mol. The number of hydrogen-bond donors (Lipinski definition) is 2. The Morgan fingerprint density at radius 2 is 2.00 bits per heavy atom. The predicted octanol–water partition coefficient (Wildman–Crippen LogP) is 4.16. The van der Waals surface area contributed by atoms with Gasteiger partial charge in [0.05, 0.1) is 5.56 Å². The highest BCUT2D eigenvalue weighted by Gasteiger charge is 2.15. The van der Waals surface area contributed by atoms with Gasteiger partial charge in [0.25, 0.3) is 0 Å². The predicted molar refractivity (Wildman–Crippen MR) is 72.2 cm³/mol. The molecule has 3 heteroatoms. The SMILES string of the molecule is CCCCCC[C@H](C)c1cc(O)ccc1C(=O)O. The lowest BCUT2D eigenvalue weighted by Crippen LogP contribution is -2.05. The fraction of sp³-hybridized carbons (Fsp3) is 0.533. The zero-order valence-electron chi connectivity index (χ0n) is 11.1. The fourth-order valence-corrected chi connectivity index (χ4v) is 2.19. The van der Waals surface area contributed by atoms with E-state index in [9.17, 15) is 9.90 Å². The maximum absolute atomic E-state index is 11.1. The van der Waals surface area contributed by atoms with E-state index in [0.717, 1.165) is 18.4 Å². The average Bonchev–Trinajstić information content (AvgIpc) is 2.34.